The maximum atomic E-state index is 12.3. The predicted octanol–water partition coefficient (Wildman–Crippen LogP) is 2.54. The second-order valence-corrected chi connectivity index (χ2v) is 7.73. The summed E-state index contributed by atoms with van der Waals surface area (Å²) in [5.41, 5.74) is 6.72. The van der Waals surface area contributed by atoms with Crippen LogP contribution in [-0.2, 0) is 10.0 Å². The van der Waals surface area contributed by atoms with Gasteiger partial charge in [-0.3, -0.25) is 0 Å². The van der Waals surface area contributed by atoms with Crippen LogP contribution in [0.5, 0.6) is 0 Å². The fourth-order valence-electron chi connectivity index (χ4n) is 1.47. The number of rotatable bonds is 5. The molecule has 0 fully saturated rings. The molecule has 108 valence electrons. The number of sulfonamides is 1. The molecule has 0 aliphatic carbocycles. The van der Waals surface area contributed by atoms with Crippen LogP contribution in [0.4, 0.5) is 5.69 Å². The molecule has 1 aromatic rings. The molecule has 0 bridgehead atoms. The summed E-state index contributed by atoms with van der Waals surface area (Å²) >= 11 is 0. The van der Waals surface area contributed by atoms with Crippen LogP contribution in [0, 0.1) is 18.3 Å². The predicted molar refractivity (Wildman–Crippen MR) is 79.4 cm³/mol. The lowest BCUT2D eigenvalue weighted by Gasteiger charge is -2.29. The molecule has 5 heteroatoms. The van der Waals surface area contributed by atoms with Gasteiger partial charge >= 0.3 is 0 Å². The zero-order valence-corrected chi connectivity index (χ0v) is 13.1. The number of hydrogen-bond donors (Lipinski definition) is 2. The van der Waals surface area contributed by atoms with Crippen molar-refractivity contribution in [1.29, 1.82) is 0 Å². The summed E-state index contributed by atoms with van der Waals surface area (Å²) in [5.74, 6) is 0.386. The molecule has 1 rings (SSSR count). The van der Waals surface area contributed by atoms with Gasteiger partial charge < -0.3 is 5.73 Å². The molecular formula is C14H24N2O2S. The zero-order chi connectivity index (χ0) is 14.8. The third-order valence-corrected chi connectivity index (χ3v) is 5.33. The van der Waals surface area contributed by atoms with Crippen molar-refractivity contribution in [2.24, 2.45) is 11.3 Å². The monoisotopic (exact) mass is 284 g/mol. The molecule has 0 aliphatic heterocycles. The van der Waals surface area contributed by atoms with Gasteiger partial charge in [0.15, 0.2) is 0 Å². The van der Waals surface area contributed by atoms with Crippen LogP contribution in [0.1, 0.15) is 33.3 Å². The fraction of sp³-hybridized carbons (Fsp3) is 0.571. The van der Waals surface area contributed by atoms with Crippen LogP contribution in [0.2, 0.25) is 0 Å². The first-order valence-electron chi connectivity index (χ1n) is 6.42. The highest BCUT2D eigenvalue weighted by Gasteiger charge is 2.26. The Kier molecular flexibility index (Phi) is 4.63. The molecule has 19 heavy (non-hydrogen) atoms. The Morgan fingerprint density at radius 1 is 1.32 bits per heavy atom. The molecule has 3 N–H and O–H groups in total. The van der Waals surface area contributed by atoms with Gasteiger partial charge in [0.1, 0.15) is 0 Å². The molecule has 0 heterocycles. The van der Waals surface area contributed by atoms with Crippen LogP contribution in [0.3, 0.4) is 0 Å². The first-order chi connectivity index (χ1) is 8.56. The van der Waals surface area contributed by atoms with Crippen molar-refractivity contribution in [3.63, 3.8) is 0 Å². The summed E-state index contributed by atoms with van der Waals surface area (Å²) in [6.07, 6.45) is 0. The van der Waals surface area contributed by atoms with E-state index in [2.05, 4.69) is 18.6 Å². The molecule has 0 aliphatic rings. The third-order valence-electron chi connectivity index (χ3n) is 3.78. The molecule has 0 spiro atoms. The van der Waals surface area contributed by atoms with Crippen LogP contribution in [0.25, 0.3) is 0 Å². The van der Waals surface area contributed by atoms with Crippen molar-refractivity contribution in [3.8, 4) is 0 Å². The lowest BCUT2D eigenvalue weighted by molar-refractivity contribution is 0.252. The molecule has 0 saturated carbocycles. The van der Waals surface area contributed by atoms with E-state index in [1.807, 2.05) is 13.8 Å². The maximum Gasteiger partial charge on any atom is 0.240 e. The van der Waals surface area contributed by atoms with E-state index in [9.17, 15) is 8.42 Å². The van der Waals surface area contributed by atoms with E-state index in [0.717, 1.165) is 0 Å². The van der Waals surface area contributed by atoms with Gasteiger partial charge in [0.05, 0.1) is 4.90 Å². The van der Waals surface area contributed by atoms with Gasteiger partial charge in [-0.1, -0.05) is 33.8 Å². The lowest BCUT2D eigenvalue weighted by Crippen LogP contribution is -2.37. The smallest absolute Gasteiger partial charge is 0.240 e. The van der Waals surface area contributed by atoms with Crippen LogP contribution < -0.4 is 10.5 Å². The second kappa shape index (κ2) is 5.51. The van der Waals surface area contributed by atoms with Gasteiger partial charge in [-0.2, -0.15) is 0 Å². The van der Waals surface area contributed by atoms with Crippen LogP contribution in [0.15, 0.2) is 23.1 Å². The highest BCUT2D eigenvalue weighted by Crippen LogP contribution is 2.26. The van der Waals surface area contributed by atoms with E-state index < -0.39 is 10.0 Å². The summed E-state index contributed by atoms with van der Waals surface area (Å²) in [6, 6.07) is 4.92. The minimum atomic E-state index is -3.51. The number of hydrogen-bond acceptors (Lipinski definition) is 3. The second-order valence-electron chi connectivity index (χ2n) is 5.99. The van der Waals surface area contributed by atoms with E-state index in [1.54, 1.807) is 19.1 Å². The standard InChI is InChI=1S/C14H24N2O2S/c1-10(2)14(4,5)9-16-19(17,18)13-8-12(15)7-6-11(13)3/h6-8,10,16H,9,15H2,1-5H3. The Bertz CT molecular complexity index is 549. The van der Waals surface area contributed by atoms with Gasteiger partial charge in [-0.25, -0.2) is 13.1 Å². The molecule has 0 radical (unpaired) electrons. The largest absolute Gasteiger partial charge is 0.399 e. The Morgan fingerprint density at radius 2 is 1.89 bits per heavy atom. The highest BCUT2D eigenvalue weighted by atomic mass is 32.2. The Balaban J connectivity index is 2.97. The SMILES string of the molecule is Cc1ccc(N)cc1S(=O)(=O)NCC(C)(C)C(C)C. The molecule has 4 nitrogen and oxygen atoms in total. The minimum absolute atomic E-state index is 0.0959. The van der Waals surface area contributed by atoms with Gasteiger partial charge in [-0.05, 0) is 36.0 Å². The van der Waals surface area contributed by atoms with Crippen LogP contribution in [-0.4, -0.2) is 15.0 Å². The fourth-order valence-corrected chi connectivity index (χ4v) is 2.97. The van der Waals surface area contributed by atoms with Gasteiger partial charge in [0.25, 0.3) is 0 Å². The summed E-state index contributed by atoms with van der Waals surface area (Å²) < 4.78 is 27.3. The lowest BCUT2D eigenvalue weighted by atomic mass is 9.81. The summed E-state index contributed by atoms with van der Waals surface area (Å²) in [6.45, 7) is 10.4. The highest BCUT2D eigenvalue weighted by molar-refractivity contribution is 7.89. The van der Waals surface area contributed by atoms with Crippen molar-refractivity contribution in [2.45, 2.75) is 39.5 Å². The average Bonchev–Trinajstić information content (AvgIpc) is 2.30. The van der Waals surface area contributed by atoms with Crippen molar-refractivity contribution in [1.82, 2.24) is 4.72 Å². The molecule has 0 aromatic heterocycles. The van der Waals surface area contributed by atoms with Gasteiger partial charge in [0, 0.05) is 12.2 Å². The van der Waals surface area contributed by atoms with E-state index in [1.165, 1.54) is 6.07 Å². The summed E-state index contributed by atoms with van der Waals surface area (Å²) in [7, 11) is -3.51. The molecule has 0 amide bonds. The van der Waals surface area contributed by atoms with Crippen molar-refractivity contribution in [3.05, 3.63) is 23.8 Å². The maximum absolute atomic E-state index is 12.3. The van der Waals surface area contributed by atoms with E-state index in [0.29, 0.717) is 23.7 Å². The molecule has 1 aromatic carbocycles. The third kappa shape index (κ3) is 3.94. The summed E-state index contributed by atoms with van der Waals surface area (Å²) in [4.78, 5) is 0.257. The van der Waals surface area contributed by atoms with Crippen molar-refractivity contribution < 1.29 is 8.42 Å². The number of nitrogens with one attached hydrogen (secondary N) is 1. The first kappa shape index (κ1) is 16.0. The topological polar surface area (TPSA) is 72.2 Å². The normalized spacial score (nSPS) is 12.9. The molecule has 0 unspecified atom stereocenters. The van der Waals surface area contributed by atoms with Crippen LogP contribution >= 0.6 is 0 Å². The average molecular weight is 284 g/mol. The van der Waals surface area contributed by atoms with E-state index >= 15 is 0 Å². The number of benzene rings is 1. The van der Waals surface area contributed by atoms with Gasteiger partial charge in [0.2, 0.25) is 10.0 Å². The molecule has 0 atom stereocenters. The molecular weight excluding hydrogens is 260 g/mol. The van der Waals surface area contributed by atoms with Gasteiger partial charge in [-0.15, -0.1) is 0 Å². The zero-order valence-electron chi connectivity index (χ0n) is 12.3. The number of nitrogen functional groups attached to an aromatic ring is 1. The molecule has 0 saturated heterocycles. The van der Waals surface area contributed by atoms with E-state index in [-0.39, 0.29) is 10.3 Å². The number of nitrogens with two attached hydrogens (primary N) is 1. The number of anilines is 1. The number of aryl methyl sites for hydroxylation is 1. The quantitative estimate of drug-likeness (QED) is 0.816. The van der Waals surface area contributed by atoms with E-state index in [4.69, 9.17) is 5.73 Å². The first-order valence-corrected chi connectivity index (χ1v) is 7.90. The summed E-state index contributed by atoms with van der Waals surface area (Å²) in [5, 5.41) is 0. The minimum Gasteiger partial charge on any atom is -0.399 e. The Morgan fingerprint density at radius 3 is 2.42 bits per heavy atom. The Hall–Kier alpha value is -1.07. The van der Waals surface area contributed by atoms with Crippen molar-refractivity contribution >= 4 is 15.7 Å². The van der Waals surface area contributed by atoms with Crippen molar-refractivity contribution in [2.75, 3.05) is 12.3 Å². The Labute approximate surface area is 116 Å².